The monoisotopic (exact) mass is 214 g/mol. The molecule has 0 aromatic heterocycles. The molecule has 0 N–H and O–H groups in total. The summed E-state index contributed by atoms with van der Waals surface area (Å²) in [4.78, 5) is 0. The van der Waals surface area contributed by atoms with Gasteiger partial charge in [-0.25, -0.2) is 0 Å². The van der Waals surface area contributed by atoms with Crippen molar-refractivity contribution in [3.05, 3.63) is 28.2 Å². The average Bonchev–Trinajstić information content (AvgIpc) is 1.98. The fraction of sp³-hybridized carbons (Fsp3) is 0.333. The Morgan fingerprint density at radius 3 is 2.82 bits per heavy atom. The molecule has 11 heavy (non-hydrogen) atoms. The molecule has 60 valence electrons. The summed E-state index contributed by atoms with van der Waals surface area (Å²) in [5.74, 6) is 0.960. The highest BCUT2D eigenvalue weighted by molar-refractivity contribution is 9.10. The molecule has 0 atom stereocenters. The van der Waals surface area contributed by atoms with Crippen molar-refractivity contribution in [2.45, 2.75) is 13.8 Å². The van der Waals surface area contributed by atoms with E-state index >= 15 is 0 Å². The van der Waals surface area contributed by atoms with E-state index in [0.717, 1.165) is 16.8 Å². The Kier molecular flexibility index (Phi) is 2.94. The van der Waals surface area contributed by atoms with Gasteiger partial charge in [0.25, 0.3) is 0 Å². The van der Waals surface area contributed by atoms with Gasteiger partial charge in [0.1, 0.15) is 5.75 Å². The highest BCUT2D eigenvalue weighted by Gasteiger charge is 1.97. The van der Waals surface area contributed by atoms with Gasteiger partial charge in [-0.2, -0.15) is 0 Å². The number of benzene rings is 1. The van der Waals surface area contributed by atoms with E-state index in [1.54, 1.807) is 0 Å². The van der Waals surface area contributed by atoms with Crippen LogP contribution in [-0.4, -0.2) is 6.61 Å². The second-order valence-corrected chi connectivity index (χ2v) is 3.26. The van der Waals surface area contributed by atoms with Gasteiger partial charge < -0.3 is 4.74 Å². The summed E-state index contributed by atoms with van der Waals surface area (Å²) in [7, 11) is 0. The molecular formula is C9H11BrO. The summed E-state index contributed by atoms with van der Waals surface area (Å²) in [6, 6.07) is 6.03. The summed E-state index contributed by atoms with van der Waals surface area (Å²) in [6.07, 6.45) is 0. The number of aryl methyl sites for hydroxylation is 1. The van der Waals surface area contributed by atoms with Crippen molar-refractivity contribution in [1.82, 2.24) is 0 Å². The molecule has 1 aromatic carbocycles. The summed E-state index contributed by atoms with van der Waals surface area (Å²) < 4.78 is 6.45. The molecule has 0 saturated carbocycles. The van der Waals surface area contributed by atoms with Gasteiger partial charge in [0, 0.05) is 4.47 Å². The minimum absolute atomic E-state index is 0.720. The van der Waals surface area contributed by atoms with Crippen LogP contribution in [0.3, 0.4) is 0 Å². The third-order valence-electron chi connectivity index (χ3n) is 1.45. The Labute approximate surface area is 75.5 Å². The van der Waals surface area contributed by atoms with E-state index in [0.29, 0.717) is 0 Å². The molecule has 0 fully saturated rings. The van der Waals surface area contributed by atoms with E-state index in [9.17, 15) is 0 Å². The highest BCUT2D eigenvalue weighted by Crippen LogP contribution is 2.22. The van der Waals surface area contributed by atoms with Gasteiger partial charge in [-0.3, -0.25) is 0 Å². The molecule has 0 heterocycles. The summed E-state index contributed by atoms with van der Waals surface area (Å²) in [6.45, 7) is 4.75. The number of hydrogen-bond donors (Lipinski definition) is 0. The topological polar surface area (TPSA) is 9.23 Å². The van der Waals surface area contributed by atoms with Crippen molar-refractivity contribution in [1.29, 1.82) is 0 Å². The van der Waals surface area contributed by atoms with Crippen LogP contribution in [0, 0.1) is 6.92 Å². The first kappa shape index (κ1) is 8.60. The van der Waals surface area contributed by atoms with Crippen LogP contribution >= 0.6 is 15.9 Å². The standard InChI is InChI=1S/C9H11BrO/c1-3-11-9-6-8(10)5-4-7(9)2/h4-6H,3H2,1-2H3. The molecule has 0 bridgehead atoms. The third kappa shape index (κ3) is 2.22. The minimum Gasteiger partial charge on any atom is -0.494 e. The second kappa shape index (κ2) is 3.77. The van der Waals surface area contributed by atoms with Gasteiger partial charge >= 0.3 is 0 Å². The lowest BCUT2D eigenvalue weighted by Crippen LogP contribution is -1.93. The lowest BCUT2D eigenvalue weighted by molar-refractivity contribution is 0.337. The Morgan fingerprint density at radius 2 is 2.18 bits per heavy atom. The molecule has 0 radical (unpaired) electrons. The first-order chi connectivity index (χ1) is 5.24. The lowest BCUT2D eigenvalue weighted by Gasteiger charge is -2.06. The number of rotatable bonds is 2. The molecule has 1 aromatic rings. The minimum atomic E-state index is 0.720. The number of hydrogen-bond acceptors (Lipinski definition) is 1. The summed E-state index contributed by atoms with van der Waals surface area (Å²) in [5.41, 5.74) is 1.18. The van der Waals surface area contributed by atoms with Crippen molar-refractivity contribution >= 4 is 15.9 Å². The molecule has 2 heteroatoms. The summed E-state index contributed by atoms with van der Waals surface area (Å²) in [5, 5.41) is 0. The Morgan fingerprint density at radius 1 is 1.45 bits per heavy atom. The van der Waals surface area contributed by atoms with E-state index in [1.807, 2.05) is 32.0 Å². The van der Waals surface area contributed by atoms with Crippen LogP contribution in [0.2, 0.25) is 0 Å². The molecular weight excluding hydrogens is 204 g/mol. The zero-order chi connectivity index (χ0) is 8.27. The van der Waals surface area contributed by atoms with Crippen molar-refractivity contribution in [3.8, 4) is 5.75 Å². The molecule has 0 spiro atoms. The van der Waals surface area contributed by atoms with Crippen LogP contribution in [0.4, 0.5) is 0 Å². The molecule has 1 rings (SSSR count). The Bertz CT molecular complexity index is 245. The lowest BCUT2D eigenvalue weighted by atomic mass is 10.2. The molecule has 1 nitrogen and oxygen atoms in total. The normalized spacial score (nSPS) is 9.73. The van der Waals surface area contributed by atoms with Crippen LogP contribution in [0.5, 0.6) is 5.75 Å². The zero-order valence-corrected chi connectivity index (χ0v) is 8.31. The van der Waals surface area contributed by atoms with E-state index < -0.39 is 0 Å². The fourth-order valence-corrected chi connectivity index (χ4v) is 1.23. The maximum Gasteiger partial charge on any atom is 0.123 e. The van der Waals surface area contributed by atoms with Crippen LogP contribution < -0.4 is 4.74 Å². The van der Waals surface area contributed by atoms with Crippen LogP contribution in [0.15, 0.2) is 22.7 Å². The number of halogens is 1. The SMILES string of the molecule is CCOc1cc(Br)ccc1C. The van der Waals surface area contributed by atoms with E-state index in [2.05, 4.69) is 15.9 Å². The van der Waals surface area contributed by atoms with Crippen molar-refractivity contribution in [2.75, 3.05) is 6.61 Å². The summed E-state index contributed by atoms with van der Waals surface area (Å²) >= 11 is 3.39. The van der Waals surface area contributed by atoms with Gasteiger partial charge in [-0.1, -0.05) is 22.0 Å². The third-order valence-corrected chi connectivity index (χ3v) is 1.94. The Balaban J connectivity index is 2.93. The van der Waals surface area contributed by atoms with Gasteiger partial charge in [0.2, 0.25) is 0 Å². The van der Waals surface area contributed by atoms with Crippen molar-refractivity contribution in [2.24, 2.45) is 0 Å². The zero-order valence-electron chi connectivity index (χ0n) is 6.73. The largest absolute Gasteiger partial charge is 0.494 e. The van der Waals surface area contributed by atoms with Gasteiger partial charge in [0.05, 0.1) is 6.61 Å². The molecule has 0 aliphatic heterocycles. The van der Waals surface area contributed by atoms with E-state index in [1.165, 1.54) is 5.56 Å². The molecule has 0 amide bonds. The quantitative estimate of drug-likeness (QED) is 0.736. The predicted octanol–water partition coefficient (Wildman–Crippen LogP) is 3.16. The maximum absolute atomic E-state index is 5.39. The Hall–Kier alpha value is -0.500. The smallest absolute Gasteiger partial charge is 0.123 e. The first-order valence-electron chi connectivity index (χ1n) is 3.63. The molecule has 0 aliphatic rings. The van der Waals surface area contributed by atoms with E-state index in [-0.39, 0.29) is 0 Å². The number of ether oxygens (including phenoxy) is 1. The fourth-order valence-electron chi connectivity index (χ4n) is 0.885. The van der Waals surface area contributed by atoms with Gasteiger partial charge in [-0.05, 0) is 31.5 Å². The highest BCUT2D eigenvalue weighted by atomic mass is 79.9. The van der Waals surface area contributed by atoms with Crippen molar-refractivity contribution < 1.29 is 4.74 Å². The van der Waals surface area contributed by atoms with Crippen LogP contribution in [0.25, 0.3) is 0 Å². The van der Waals surface area contributed by atoms with Crippen LogP contribution in [0.1, 0.15) is 12.5 Å². The second-order valence-electron chi connectivity index (χ2n) is 2.34. The van der Waals surface area contributed by atoms with Crippen LogP contribution in [-0.2, 0) is 0 Å². The molecule has 0 unspecified atom stereocenters. The van der Waals surface area contributed by atoms with Crippen molar-refractivity contribution in [3.63, 3.8) is 0 Å². The van der Waals surface area contributed by atoms with Gasteiger partial charge in [0.15, 0.2) is 0 Å². The van der Waals surface area contributed by atoms with E-state index in [4.69, 9.17) is 4.74 Å². The maximum atomic E-state index is 5.39. The molecule has 0 saturated heterocycles. The molecule has 0 aliphatic carbocycles. The average molecular weight is 215 g/mol. The first-order valence-corrected chi connectivity index (χ1v) is 4.42. The van der Waals surface area contributed by atoms with Gasteiger partial charge in [-0.15, -0.1) is 0 Å². The predicted molar refractivity (Wildman–Crippen MR) is 50.0 cm³/mol.